The van der Waals surface area contributed by atoms with Gasteiger partial charge in [0.15, 0.2) is 0 Å². The number of nitrogens with zero attached hydrogens (tertiary/aromatic N) is 2. The van der Waals surface area contributed by atoms with Gasteiger partial charge in [0.05, 0.1) is 11.4 Å². The van der Waals surface area contributed by atoms with Crippen molar-refractivity contribution in [3.8, 4) is 78.1 Å². The minimum atomic E-state index is 0.935. The largest absolute Gasteiger partial charge is 0.256 e. The summed E-state index contributed by atoms with van der Waals surface area (Å²) in [5.74, 6) is 0. The van der Waals surface area contributed by atoms with Gasteiger partial charge in [-0.2, -0.15) is 0 Å². The second kappa shape index (κ2) is 10.8. The van der Waals surface area contributed by atoms with Gasteiger partial charge >= 0.3 is 0 Å². The zero-order valence-corrected chi connectivity index (χ0v) is 25.1. The van der Waals surface area contributed by atoms with Crippen molar-refractivity contribution in [2.45, 2.75) is 0 Å². The van der Waals surface area contributed by atoms with E-state index in [9.17, 15) is 0 Å². The Morgan fingerprint density at radius 2 is 0.826 bits per heavy atom. The number of benzene rings is 6. The highest BCUT2D eigenvalue weighted by Gasteiger charge is 2.30. The Balaban J connectivity index is 1.44. The molecule has 2 aromatic heterocycles. The molecule has 0 unspecified atom stereocenters. The third kappa shape index (κ3) is 4.27. The number of aromatic nitrogens is 2. The minimum Gasteiger partial charge on any atom is -0.256 e. The van der Waals surface area contributed by atoms with E-state index >= 15 is 0 Å². The molecule has 0 radical (unpaired) electrons. The Labute approximate surface area is 268 Å². The fraction of sp³-hybridized carbons (Fsp3) is 0. The normalized spacial score (nSPS) is 11.5. The van der Waals surface area contributed by atoms with Gasteiger partial charge in [-0.3, -0.25) is 9.97 Å². The van der Waals surface area contributed by atoms with E-state index in [2.05, 4.69) is 133 Å². The molecule has 1 aliphatic rings. The fourth-order valence-corrected chi connectivity index (χ4v) is 7.11. The Bertz CT molecular complexity index is 2320. The van der Waals surface area contributed by atoms with Crippen molar-refractivity contribution in [2.75, 3.05) is 0 Å². The van der Waals surface area contributed by atoms with Gasteiger partial charge in [-0.25, -0.2) is 0 Å². The highest BCUT2D eigenvalue weighted by molar-refractivity contribution is 6.22. The summed E-state index contributed by atoms with van der Waals surface area (Å²) in [4.78, 5) is 9.51. The number of fused-ring (bicyclic) bond motifs is 3. The third-order valence-corrected chi connectivity index (χ3v) is 9.08. The summed E-state index contributed by atoms with van der Waals surface area (Å²) in [5, 5.41) is 2.59. The molecule has 0 amide bonds. The molecule has 0 saturated heterocycles. The first-order valence-electron chi connectivity index (χ1n) is 15.7. The molecule has 0 atom stereocenters. The Kier molecular flexibility index (Phi) is 6.17. The quantitative estimate of drug-likeness (QED) is 0.201. The zero-order valence-electron chi connectivity index (χ0n) is 25.1. The molecule has 0 spiro atoms. The van der Waals surface area contributed by atoms with E-state index in [4.69, 9.17) is 9.97 Å². The maximum absolute atomic E-state index is 4.75. The zero-order chi connectivity index (χ0) is 30.5. The molecular formula is C44H28N2. The first kappa shape index (κ1) is 26.3. The van der Waals surface area contributed by atoms with E-state index < -0.39 is 0 Å². The van der Waals surface area contributed by atoms with Crippen LogP contribution in [0.2, 0.25) is 0 Å². The molecule has 9 rings (SSSR count). The molecule has 6 aromatic carbocycles. The smallest absolute Gasteiger partial charge is 0.0702 e. The van der Waals surface area contributed by atoms with Gasteiger partial charge in [-0.05, 0) is 115 Å². The van der Waals surface area contributed by atoms with Crippen molar-refractivity contribution in [3.63, 3.8) is 0 Å². The molecular weight excluding hydrogens is 556 g/mol. The Morgan fingerprint density at radius 3 is 1.41 bits per heavy atom. The van der Waals surface area contributed by atoms with Crippen LogP contribution in [0.1, 0.15) is 0 Å². The molecule has 0 saturated carbocycles. The van der Waals surface area contributed by atoms with Crippen molar-refractivity contribution in [2.24, 2.45) is 0 Å². The van der Waals surface area contributed by atoms with Gasteiger partial charge in [0.2, 0.25) is 0 Å². The third-order valence-electron chi connectivity index (χ3n) is 9.08. The second-order valence-corrected chi connectivity index (χ2v) is 11.8. The summed E-state index contributed by atoms with van der Waals surface area (Å²) in [7, 11) is 0. The lowest BCUT2D eigenvalue weighted by molar-refractivity contribution is 1.31. The van der Waals surface area contributed by atoms with Crippen LogP contribution in [-0.4, -0.2) is 9.97 Å². The SMILES string of the molecule is c1ccc(-c2cc(-c3cc(-c4ccccn4)cc(-c4ccccn4)c3)c(-c3ccccc3)c3c2-c2cccc4cccc-3c24)cc1. The lowest BCUT2D eigenvalue weighted by atomic mass is 9.81. The summed E-state index contributed by atoms with van der Waals surface area (Å²) < 4.78 is 0. The van der Waals surface area contributed by atoms with Crippen LogP contribution in [0.3, 0.4) is 0 Å². The summed E-state index contributed by atoms with van der Waals surface area (Å²) in [5.41, 5.74) is 16.3. The van der Waals surface area contributed by atoms with Crippen molar-refractivity contribution in [3.05, 3.63) is 170 Å². The molecule has 214 valence electrons. The van der Waals surface area contributed by atoms with Crippen LogP contribution in [0.25, 0.3) is 88.9 Å². The number of hydrogen-bond acceptors (Lipinski definition) is 2. The molecule has 46 heavy (non-hydrogen) atoms. The standard InChI is InChI=1S/C44H28N2/c1-3-13-29(14-4-1)37-28-38(32-25-33(39-21-7-9-23-45-39)27-34(26-32)40-22-8-10-24-46-40)42(31-15-5-2-6-16-31)44-36-20-12-18-30-17-11-19-35(41(30)36)43(37)44/h1-28H. The summed E-state index contributed by atoms with van der Waals surface area (Å²) >= 11 is 0. The maximum Gasteiger partial charge on any atom is 0.0702 e. The summed E-state index contributed by atoms with van der Waals surface area (Å²) in [6, 6.07) is 56.5. The average Bonchev–Trinajstić information content (AvgIpc) is 3.48. The van der Waals surface area contributed by atoms with Crippen LogP contribution < -0.4 is 0 Å². The molecule has 0 aliphatic heterocycles. The van der Waals surface area contributed by atoms with Gasteiger partial charge in [0, 0.05) is 23.5 Å². The second-order valence-electron chi connectivity index (χ2n) is 11.8. The molecule has 0 fully saturated rings. The molecule has 1 aliphatic carbocycles. The van der Waals surface area contributed by atoms with Gasteiger partial charge in [-0.15, -0.1) is 0 Å². The Morgan fingerprint density at radius 1 is 0.304 bits per heavy atom. The van der Waals surface area contributed by atoms with E-state index in [1.807, 2.05) is 36.7 Å². The van der Waals surface area contributed by atoms with Crippen LogP contribution in [-0.2, 0) is 0 Å². The maximum atomic E-state index is 4.75. The van der Waals surface area contributed by atoms with Crippen LogP contribution in [0.15, 0.2) is 170 Å². The van der Waals surface area contributed by atoms with Gasteiger partial charge in [0.1, 0.15) is 0 Å². The van der Waals surface area contributed by atoms with E-state index in [1.165, 1.54) is 60.8 Å². The highest BCUT2D eigenvalue weighted by Crippen LogP contribution is 2.57. The van der Waals surface area contributed by atoms with Crippen molar-refractivity contribution in [1.82, 2.24) is 9.97 Å². The highest BCUT2D eigenvalue weighted by atomic mass is 14.7. The molecule has 8 aromatic rings. The van der Waals surface area contributed by atoms with E-state index in [1.54, 1.807) is 0 Å². The topological polar surface area (TPSA) is 25.8 Å². The number of hydrogen-bond donors (Lipinski definition) is 0. The van der Waals surface area contributed by atoms with E-state index in [0.717, 1.165) is 28.1 Å². The first-order chi connectivity index (χ1) is 22.8. The van der Waals surface area contributed by atoms with E-state index in [0.29, 0.717) is 0 Å². The predicted molar refractivity (Wildman–Crippen MR) is 191 cm³/mol. The van der Waals surface area contributed by atoms with Gasteiger partial charge in [-0.1, -0.05) is 109 Å². The van der Waals surface area contributed by atoms with Crippen molar-refractivity contribution < 1.29 is 0 Å². The monoisotopic (exact) mass is 584 g/mol. The van der Waals surface area contributed by atoms with Crippen LogP contribution in [0.4, 0.5) is 0 Å². The van der Waals surface area contributed by atoms with Crippen LogP contribution in [0.5, 0.6) is 0 Å². The molecule has 2 heterocycles. The Hall–Kier alpha value is -6.12. The summed E-state index contributed by atoms with van der Waals surface area (Å²) in [6.45, 7) is 0. The lowest BCUT2D eigenvalue weighted by Gasteiger charge is -2.21. The van der Waals surface area contributed by atoms with E-state index in [-0.39, 0.29) is 0 Å². The molecule has 2 nitrogen and oxygen atoms in total. The number of pyridine rings is 2. The fourth-order valence-electron chi connectivity index (χ4n) is 7.11. The van der Waals surface area contributed by atoms with Crippen molar-refractivity contribution in [1.29, 1.82) is 0 Å². The molecule has 0 bridgehead atoms. The lowest BCUT2D eigenvalue weighted by Crippen LogP contribution is -1.96. The van der Waals surface area contributed by atoms with Crippen LogP contribution >= 0.6 is 0 Å². The average molecular weight is 585 g/mol. The first-order valence-corrected chi connectivity index (χ1v) is 15.7. The molecule has 2 heteroatoms. The van der Waals surface area contributed by atoms with Gasteiger partial charge < -0.3 is 0 Å². The van der Waals surface area contributed by atoms with Crippen LogP contribution in [0, 0.1) is 0 Å². The minimum absolute atomic E-state index is 0.935. The predicted octanol–water partition coefficient (Wildman–Crippen LogP) is 11.6. The van der Waals surface area contributed by atoms with Gasteiger partial charge in [0.25, 0.3) is 0 Å². The van der Waals surface area contributed by atoms with Crippen molar-refractivity contribution >= 4 is 10.8 Å². The number of rotatable bonds is 5. The summed E-state index contributed by atoms with van der Waals surface area (Å²) in [6.07, 6.45) is 3.72. The molecule has 0 N–H and O–H groups in total.